The van der Waals surface area contributed by atoms with Gasteiger partial charge in [0.05, 0.1) is 11.7 Å². The SMILES string of the molecule is CN[C@@H](N[C@H](C(=O)N1c2ncccc2C[C@@H]1C(=O)Nc1ccccc1C(=O)c1ccccc1)C(C)C)C(C)=O. The Balaban J connectivity index is 1.65. The molecule has 0 spiro atoms. The summed E-state index contributed by atoms with van der Waals surface area (Å²) in [7, 11) is 1.64. The van der Waals surface area contributed by atoms with Crippen molar-refractivity contribution in [2.75, 3.05) is 17.3 Å². The van der Waals surface area contributed by atoms with Crippen molar-refractivity contribution in [3.63, 3.8) is 0 Å². The van der Waals surface area contributed by atoms with E-state index in [1.165, 1.54) is 11.8 Å². The summed E-state index contributed by atoms with van der Waals surface area (Å²) in [5.74, 6) is -0.959. The average molecular weight is 528 g/mol. The molecule has 2 heterocycles. The van der Waals surface area contributed by atoms with Crippen molar-refractivity contribution in [2.45, 2.75) is 45.4 Å². The first kappa shape index (κ1) is 27.8. The van der Waals surface area contributed by atoms with Gasteiger partial charge in [-0.15, -0.1) is 0 Å². The summed E-state index contributed by atoms with van der Waals surface area (Å²) in [5, 5.41) is 8.89. The number of likely N-dealkylation sites (N-methyl/N-ethyl adjacent to an activating group) is 1. The fourth-order valence-electron chi connectivity index (χ4n) is 4.76. The highest BCUT2D eigenvalue weighted by Crippen LogP contribution is 2.32. The van der Waals surface area contributed by atoms with E-state index in [0.717, 1.165) is 5.56 Å². The predicted molar refractivity (Wildman–Crippen MR) is 149 cm³/mol. The molecule has 1 aliphatic rings. The molecule has 2 aromatic carbocycles. The number of ketones is 2. The molecule has 0 aliphatic carbocycles. The molecule has 2 amide bonds. The van der Waals surface area contributed by atoms with Crippen LogP contribution in [0.15, 0.2) is 72.9 Å². The number of aromatic nitrogens is 1. The van der Waals surface area contributed by atoms with Crippen LogP contribution in [0.3, 0.4) is 0 Å². The van der Waals surface area contributed by atoms with Crippen LogP contribution in [0.4, 0.5) is 11.5 Å². The van der Waals surface area contributed by atoms with E-state index in [-0.39, 0.29) is 29.8 Å². The van der Waals surface area contributed by atoms with Crippen LogP contribution in [-0.4, -0.2) is 53.7 Å². The molecule has 4 rings (SSSR count). The number of para-hydroxylation sites is 1. The second-order valence-corrected chi connectivity index (χ2v) is 9.86. The molecule has 0 unspecified atom stereocenters. The molecule has 202 valence electrons. The molecule has 0 radical (unpaired) electrons. The van der Waals surface area contributed by atoms with E-state index in [2.05, 4.69) is 20.9 Å². The summed E-state index contributed by atoms with van der Waals surface area (Å²) in [6, 6.07) is 17.6. The summed E-state index contributed by atoms with van der Waals surface area (Å²) >= 11 is 0. The van der Waals surface area contributed by atoms with Crippen molar-refractivity contribution in [1.82, 2.24) is 15.6 Å². The molecule has 1 aliphatic heterocycles. The van der Waals surface area contributed by atoms with E-state index >= 15 is 0 Å². The zero-order valence-corrected chi connectivity index (χ0v) is 22.5. The average Bonchev–Trinajstić information content (AvgIpc) is 3.33. The van der Waals surface area contributed by atoms with E-state index in [1.807, 2.05) is 26.0 Å². The van der Waals surface area contributed by atoms with Gasteiger partial charge in [-0.2, -0.15) is 0 Å². The van der Waals surface area contributed by atoms with Gasteiger partial charge in [-0.1, -0.05) is 62.4 Å². The van der Waals surface area contributed by atoms with Gasteiger partial charge < -0.3 is 5.32 Å². The van der Waals surface area contributed by atoms with Crippen LogP contribution in [-0.2, 0) is 20.8 Å². The monoisotopic (exact) mass is 527 g/mol. The maximum atomic E-state index is 14.0. The Morgan fingerprint density at radius 1 is 0.949 bits per heavy atom. The summed E-state index contributed by atoms with van der Waals surface area (Å²) in [5.41, 5.74) is 1.98. The van der Waals surface area contributed by atoms with Crippen LogP contribution in [0, 0.1) is 5.92 Å². The number of Topliss-reactive ketones (excluding diaryl/α,β-unsaturated/α-hetero) is 1. The summed E-state index contributed by atoms with van der Waals surface area (Å²) in [6.45, 7) is 5.18. The molecular formula is C30H33N5O4. The first-order valence-electron chi connectivity index (χ1n) is 12.9. The van der Waals surface area contributed by atoms with Gasteiger partial charge in [0, 0.05) is 23.7 Å². The van der Waals surface area contributed by atoms with E-state index in [4.69, 9.17) is 0 Å². The quantitative estimate of drug-likeness (QED) is 0.274. The molecule has 9 heteroatoms. The van der Waals surface area contributed by atoms with Crippen LogP contribution < -0.4 is 20.9 Å². The lowest BCUT2D eigenvalue weighted by atomic mass is 10.0. The molecule has 0 fully saturated rings. The number of hydrogen-bond acceptors (Lipinski definition) is 7. The normalized spacial score (nSPS) is 15.9. The third-order valence-electron chi connectivity index (χ3n) is 6.80. The topological polar surface area (TPSA) is 120 Å². The highest BCUT2D eigenvalue weighted by atomic mass is 16.2. The lowest BCUT2D eigenvalue weighted by molar-refractivity contribution is -0.126. The number of benzene rings is 2. The largest absolute Gasteiger partial charge is 0.324 e. The molecule has 3 aromatic rings. The number of nitrogens with zero attached hydrogens (tertiary/aromatic N) is 2. The zero-order chi connectivity index (χ0) is 28.1. The maximum absolute atomic E-state index is 14.0. The number of fused-ring (bicyclic) bond motifs is 1. The lowest BCUT2D eigenvalue weighted by Gasteiger charge is -2.32. The van der Waals surface area contributed by atoms with Gasteiger partial charge in [0.2, 0.25) is 11.8 Å². The van der Waals surface area contributed by atoms with Crippen molar-refractivity contribution in [3.8, 4) is 0 Å². The predicted octanol–water partition coefficient (Wildman–Crippen LogP) is 2.96. The fourth-order valence-corrected chi connectivity index (χ4v) is 4.76. The Morgan fingerprint density at radius 3 is 2.31 bits per heavy atom. The zero-order valence-electron chi connectivity index (χ0n) is 22.5. The number of nitrogens with one attached hydrogen (secondary N) is 3. The minimum absolute atomic E-state index is 0.162. The molecule has 1 aromatic heterocycles. The van der Waals surface area contributed by atoms with Crippen LogP contribution in [0.1, 0.15) is 42.3 Å². The minimum Gasteiger partial charge on any atom is -0.324 e. The second kappa shape index (κ2) is 12.1. The third-order valence-corrected chi connectivity index (χ3v) is 6.80. The number of rotatable bonds is 10. The molecule has 0 saturated heterocycles. The van der Waals surface area contributed by atoms with Gasteiger partial charge in [0.15, 0.2) is 11.6 Å². The van der Waals surface area contributed by atoms with Gasteiger partial charge in [0.25, 0.3) is 0 Å². The Labute approximate surface area is 228 Å². The van der Waals surface area contributed by atoms with Gasteiger partial charge in [-0.25, -0.2) is 4.98 Å². The number of hydrogen-bond donors (Lipinski definition) is 3. The number of pyridine rings is 1. The van der Waals surface area contributed by atoms with Gasteiger partial charge in [0.1, 0.15) is 18.0 Å². The van der Waals surface area contributed by atoms with Crippen molar-refractivity contribution in [1.29, 1.82) is 0 Å². The first-order chi connectivity index (χ1) is 18.7. The molecular weight excluding hydrogens is 494 g/mol. The van der Waals surface area contributed by atoms with Gasteiger partial charge in [-0.05, 0) is 43.7 Å². The molecule has 0 bridgehead atoms. The smallest absolute Gasteiger partial charge is 0.247 e. The Hall–Kier alpha value is -4.21. The summed E-state index contributed by atoms with van der Waals surface area (Å²) in [6.07, 6.45) is 1.12. The molecule has 3 atom stereocenters. The molecule has 0 saturated carbocycles. The lowest BCUT2D eigenvalue weighted by Crippen LogP contribution is -2.60. The van der Waals surface area contributed by atoms with Crippen molar-refractivity contribution < 1.29 is 19.2 Å². The minimum atomic E-state index is -0.893. The number of amides is 2. The highest BCUT2D eigenvalue weighted by molar-refractivity contribution is 6.15. The standard InChI is InChI=1S/C30H33N5O4/c1-18(2)25(34-27(31-4)19(3)36)30(39)35-24(17-21-13-10-16-32-28(21)35)29(38)33-23-15-9-8-14-22(23)26(37)20-11-6-5-7-12-20/h5-16,18,24-25,27,31,34H,17H2,1-4H3,(H,33,38)/t24-,25+,27+/m1/s1. The Morgan fingerprint density at radius 2 is 1.64 bits per heavy atom. The van der Waals surface area contributed by atoms with E-state index < -0.39 is 24.2 Å². The highest BCUT2D eigenvalue weighted by Gasteiger charge is 2.43. The summed E-state index contributed by atoms with van der Waals surface area (Å²) in [4.78, 5) is 58.9. The van der Waals surface area contributed by atoms with Crippen LogP contribution in [0.25, 0.3) is 0 Å². The van der Waals surface area contributed by atoms with Crippen LogP contribution >= 0.6 is 0 Å². The van der Waals surface area contributed by atoms with Crippen LogP contribution in [0.2, 0.25) is 0 Å². The molecule has 39 heavy (non-hydrogen) atoms. The van der Waals surface area contributed by atoms with E-state index in [9.17, 15) is 19.2 Å². The molecule has 9 nitrogen and oxygen atoms in total. The maximum Gasteiger partial charge on any atom is 0.247 e. The second-order valence-electron chi connectivity index (χ2n) is 9.86. The van der Waals surface area contributed by atoms with Crippen LogP contribution in [0.5, 0.6) is 0 Å². The summed E-state index contributed by atoms with van der Waals surface area (Å²) < 4.78 is 0. The van der Waals surface area contributed by atoms with Gasteiger partial charge >= 0.3 is 0 Å². The Bertz CT molecular complexity index is 1370. The fraction of sp³-hybridized carbons (Fsp3) is 0.300. The Kier molecular flexibility index (Phi) is 8.63. The first-order valence-corrected chi connectivity index (χ1v) is 12.9. The van der Waals surface area contributed by atoms with E-state index in [1.54, 1.807) is 67.8 Å². The van der Waals surface area contributed by atoms with E-state index in [0.29, 0.717) is 22.6 Å². The number of anilines is 2. The number of carbonyl (C=O) groups excluding carboxylic acids is 4. The molecule has 3 N–H and O–H groups in total. The number of carbonyl (C=O) groups is 4. The van der Waals surface area contributed by atoms with Crippen molar-refractivity contribution >= 4 is 34.9 Å². The van der Waals surface area contributed by atoms with Gasteiger partial charge in [-0.3, -0.25) is 34.7 Å². The van der Waals surface area contributed by atoms with Crippen molar-refractivity contribution in [2.24, 2.45) is 5.92 Å². The third kappa shape index (κ3) is 5.94. The van der Waals surface area contributed by atoms with Crippen molar-refractivity contribution in [3.05, 3.63) is 89.6 Å².